The van der Waals surface area contributed by atoms with Crippen molar-refractivity contribution >= 4 is 16.9 Å². The van der Waals surface area contributed by atoms with E-state index in [9.17, 15) is 4.79 Å². The first-order valence-corrected chi connectivity index (χ1v) is 6.45. The molecule has 0 saturated carbocycles. The number of nitrogens with one attached hydrogen (secondary N) is 2. The molecule has 0 atom stereocenters. The quantitative estimate of drug-likeness (QED) is 0.742. The molecule has 0 aliphatic rings. The Kier molecular flexibility index (Phi) is 3.55. The summed E-state index contributed by atoms with van der Waals surface area (Å²) in [5.41, 5.74) is 1.78. The third-order valence-electron chi connectivity index (χ3n) is 3.04. The number of imidazole rings is 1. The summed E-state index contributed by atoms with van der Waals surface area (Å²) in [5.74, 6) is 1.49. The fourth-order valence-electron chi connectivity index (χ4n) is 2.00. The highest BCUT2D eigenvalue weighted by Gasteiger charge is 2.09. The van der Waals surface area contributed by atoms with Gasteiger partial charge in [-0.1, -0.05) is 0 Å². The van der Waals surface area contributed by atoms with Crippen molar-refractivity contribution in [1.29, 1.82) is 0 Å². The zero-order valence-electron chi connectivity index (χ0n) is 11.4. The molecule has 108 valence electrons. The maximum absolute atomic E-state index is 11.7. The Bertz CT molecular complexity index is 749. The monoisotopic (exact) mass is 286 g/mol. The van der Waals surface area contributed by atoms with Crippen molar-refractivity contribution in [3.05, 3.63) is 42.4 Å². The van der Waals surface area contributed by atoms with Crippen LogP contribution < -0.4 is 10.1 Å². The average Bonchev–Trinajstić information content (AvgIpc) is 3.15. The van der Waals surface area contributed by atoms with E-state index in [0.717, 1.165) is 22.6 Å². The Morgan fingerprint density at radius 3 is 3.14 bits per heavy atom. The summed E-state index contributed by atoms with van der Waals surface area (Å²) < 4.78 is 10.1. The average molecular weight is 286 g/mol. The number of aromatic nitrogens is 3. The fraction of sp³-hybridized carbons (Fsp3) is 0.214. The standard InChI is InChI=1S/C14H14N4O3/c1-20-9-2-3-10-11(6-9)18-13(17-10)4-5-16-14(19)12-7-15-8-21-12/h2-3,6-8H,4-5H2,1H3,(H,16,19)(H,17,18). The molecule has 3 rings (SSSR count). The van der Waals surface area contributed by atoms with Crippen LogP contribution in [-0.4, -0.2) is 34.5 Å². The summed E-state index contributed by atoms with van der Waals surface area (Å²) in [4.78, 5) is 23.0. The predicted octanol–water partition coefficient (Wildman–Crippen LogP) is 1.53. The van der Waals surface area contributed by atoms with Gasteiger partial charge in [-0.3, -0.25) is 4.79 Å². The van der Waals surface area contributed by atoms with E-state index in [-0.39, 0.29) is 11.7 Å². The molecule has 0 saturated heterocycles. The Balaban J connectivity index is 1.61. The lowest BCUT2D eigenvalue weighted by Gasteiger charge is -2.00. The molecule has 1 aromatic carbocycles. The van der Waals surface area contributed by atoms with Crippen molar-refractivity contribution in [2.24, 2.45) is 0 Å². The Morgan fingerprint density at radius 2 is 2.38 bits per heavy atom. The minimum atomic E-state index is -0.287. The molecule has 0 bridgehead atoms. The summed E-state index contributed by atoms with van der Waals surface area (Å²) >= 11 is 0. The Morgan fingerprint density at radius 1 is 1.48 bits per heavy atom. The normalized spacial score (nSPS) is 10.7. The number of nitrogens with zero attached hydrogens (tertiary/aromatic N) is 2. The van der Waals surface area contributed by atoms with E-state index in [4.69, 9.17) is 9.15 Å². The molecule has 0 unspecified atom stereocenters. The largest absolute Gasteiger partial charge is 0.497 e. The van der Waals surface area contributed by atoms with Gasteiger partial charge in [-0.2, -0.15) is 0 Å². The molecule has 0 radical (unpaired) electrons. The van der Waals surface area contributed by atoms with Crippen molar-refractivity contribution in [1.82, 2.24) is 20.3 Å². The highest BCUT2D eigenvalue weighted by atomic mass is 16.5. The maximum Gasteiger partial charge on any atom is 0.288 e. The van der Waals surface area contributed by atoms with E-state index in [2.05, 4.69) is 20.3 Å². The van der Waals surface area contributed by atoms with E-state index in [1.54, 1.807) is 7.11 Å². The summed E-state index contributed by atoms with van der Waals surface area (Å²) in [6, 6.07) is 5.64. The van der Waals surface area contributed by atoms with Gasteiger partial charge in [-0.25, -0.2) is 9.97 Å². The number of hydrogen-bond donors (Lipinski definition) is 2. The van der Waals surface area contributed by atoms with E-state index in [0.29, 0.717) is 13.0 Å². The molecule has 3 aromatic rings. The molecule has 2 heterocycles. The van der Waals surface area contributed by atoms with Gasteiger partial charge in [0, 0.05) is 19.0 Å². The molecule has 2 N–H and O–H groups in total. The molecule has 7 heteroatoms. The third-order valence-corrected chi connectivity index (χ3v) is 3.04. The van der Waals surface area contributed by atoms with Gasteiger partial charge in [0.1, 0.15) is 11.6 Å². The number of ether oxygens (including phenoxy) is 1. The van der Waals surface area contributed by atoms with Gasteiger partial charge >= 0.3 is 0 Å². The van der Waals surface area contributed by atoms with Crippen LogP contribution in [-0.2, 0) is 6.42 Å². The van der Waals surface area contributed by atoms with Crippen LogP contribution in [0.15, 0.2) is 35.2 Å². The number of carbonyl (C=O) groups excluding carboxylic acids is 1. The van der Waals surface area contributed by atoms with Crippen LogP contribution in [0.1, 0.15) is 16.4 Å². The minimum absolute atomic E-state index is 0.198. The predicted molar refractivity (Wildman–Crippen MR) is 75.2 cm³/mol. The van der Waals surface area contributed by atoms with Crippen molar-refractivity contribution in [2.75, 3.05) is 13.7 Å². The van der Waals surface area contributed by atoms with Crippen LogP contribution in [0.2, 0.25) is 0 Å². The lowest BCUT2D eigenvalue weighted by atomic mass is 10.3. The second-order valence-electron chi connectivity index (χ2n) is 4.44. The van der Waals surface area contributed by atoms with Gasteiger partial charge in [0.05, 0.1) is 24.3 Å². The molecule has 2 aromatic heterocycles. The highest BCUT2D eigenvalue weighted by molar-refractivity contribution is 5.90. The van der Waals surface area contributed by atoms with Gasteiger partial charge in [0.25, 0.3) is 5.91 Å². The number of methoxy groups -OCH3 is 1. The van der Waals surface area contributed by atoms with Crippen molar-refractivity contribution < 1.29 is 13.9 Å². The molecule has 0 aliphatic carbocycles. The van der Waals surface area contributed by atoms with Gasteiger partial charge < -0.3 is 19.5 Å². The molecule has 1 amide bonds. The second kappa shape index (κ2) is 5.66. The fourth-order valence-corrected chi connectivity index (χ4v) is 2.00. The number of amides is 1. The zero-order chi connectivity index (χ0) is 14.7. The number of carbonyl (C=O) groups is 1. The molecule has 0 fully saturated rings. The second-order valence-corrected chi connectivity index (χ2v) is 4.44. The molecule has 21 heavy (non-hydrogen) atoms. The van der Waals surface area contributed by atoms with E-state index < -0.39 is 0 Å². The SMILES string of the molecule is COc1ccc2nc(CCNC(=O)c3cnco3)[nH]c2c1. The first-order valence-electron chi connectivity index (χ1n) is 6.45. The number of fused-ring (bicyclic) bond motifs is 1. The summed E-state index contributed by atoms with van der Waals surface area (Å²) in [7, 11) is 1.62. The van der Waals surface area contributed by atoms with Crippen LogP contribution in [0, 0.1) is 0 Å². The maximum atomic E-state index is 11.7. The molecular formula is C14H14N4O3. The van der Waals surface area contributed by atoms with E-state index >= 15 is 0 Å². The van der Waals surface area contributed by atoms with Gasteiger partial charge in [0.2, 0.25) is 5.76 Å². The Hall–Kier alpha value is -2.83. The number of rotatable bonds is 5. The van der Waals surface area contributed by atoms with E-state index in [1.165, 1.54) is 12.6 Å². The number of oxazole rings is 1. The molecule has 7 nitrogen and oxygen atoms in total. The third kappa shape index (κ3) is 2.86. The van der Waals surface area contributed by atoms with Crippen molar-refractivity contribution in [3.63, 3.8) is 0 Å². The summed E-state index contributed by atoms with van der Waals surface area (Å²) in [6.07, 6.45) is 3.20. The number of benzene rings is 1. The first kappa shape index (κ1) is 13.2. The summed E-state index contributed by atoms with van der Waals surface area (Å²) in [6.45, 7) is 0.455. The van der Waals surface area contributed by atoms with Crippen molar-refractivity contribution in [2.45, 2.75) is 6.42 Å². The number of hydrogen-bond acceptors (Lipinski definition) is 5. The summed E-state index contributed by atoms with van der Waals surface area (Å²) in [5, 5.41) is 2.74. The highest BCUT2D eigenvalue weighted by Crippen LogP contribution is 2.18. The van der Waals surface area contributed by atoms with Gasteiger partial charge in [-0.05, 0) is 12.1 Å². The molecular weight excluding hydrogens is 272 g/mol. The van der Waals surface area contributed by atoms with Crippen LogP contribution in [0.25, 0.3) is 11.0 Å². The van der Waals surface area contributed by atoms with Crippen LogP contribution in [0.4, 0.5) is 0 Å². The molecule has 0 aliphatic heterocycles. The lowest BCUT2D eigenvalue weighted by molar-refractivity contribution is 0.0926. The topological polar surface area (TPSA) is 93.0 Å². The lowest BCUT2D eigenvalue weighted by Crippen LogP contribution is -2.25. The van der Waals surface area contributed by atoms with E-state index in [1.807, 2.05) is 18.2 Å². The number of H-pyrrole nitrogens is 1. The molecule has 0 spiro atoms. The zero-order valence-corrected chi connectivity index (χ0v) is 11.4. The van der Waals surface area contributed by atoms with Crippen molar-refractivity contribution in [3.8, 4) is 5.75 Å². The van der Waals surface area contributed by atoms with Crippen LogP contribution in [0.3, 0.4) is 0 Å². The van der Waals surface area contributed by atoms with Crippen LogP contribution >= 0.6 is 0 Å². The minimum Gasteiger partial charge on any atom is -0.497 e. The van der Waals surface area contributed by atoms with Crippen LogP contribution in [0.5, 0.6) is 5.75 Å². The van der Waals surface area contributed by atoms with Gasteiger partial charge in [0.15, 0.2) is 6.39 Å². The smallest absolute Gasteiger partial charge is 0.288 e. The van der Waals surface area contributed by atoms with Gasteiger partial charge in [-0.15, -0.1) is 0 Å². The Labute approximate surface area is 120 Å². The number of aromatic amines is 1. The first-order chi connectivity index (χ1) is 10.3.